The molecule has 2 rings (SSSR count). The normalized spacial score (nSPS) is 23.2. The van der Waals surface area contributed by atoms with E-state index in [1.165, 1.54) is 0 Å². The van der Waals surface area contributed by atoms with Crippen molar-refractivity contribution in [1.29, 1.82) is 0 Å². The topological polar surface area (TPSA) is 3.24 Å². The molecule has 0 saturated carbocycles. The van der Waals surface area contributed by atoms with Gasteiger partial charge in [0.15, 0.2) is 0 Å². The van der Waals surface area contributed by atoms with Crippen molar-refractivity contribution in [2.75, 3.05) is 18.0 Å². The van der Waals surface area contributed by atoms with E-state index in [4.69, 9.17) is 0 Å². The summed E-state index contributed by atoms with van der Waals surface area (Å²) in [5, 5.41) is 0. The summed E-state index contributed by atoms with van der Waals surface area (Å²) in [7, 11) is 0. The Balaban J connectivity index is 2.08. The maximum absolute atomic E-state index is 13.1. The number of hydrogen-bond donors (Lipinski definition) is 0. The summed E-state index contributed by atoms with van der Waals surface area (Å²) in [6.45, 7) is 1.55. The van der Waals surface area contributed by atoms with Gasteiger partial charge in [-0.05, 0) is 25.0 Å². The van der Waals surface area contributed by atoms with E-state index in [1.807, 2.05) is 30.3 Å². The van der Waals surface area contributed by atoms with Gasteiger partial charge in [0.1, 0.15) is 6.17 Å². The smallest absolute Gasteiger partial charge is 0.118 e. The first kappa shape index (κ1) is 8.54. The van der Waals surface area contributed by atoms with Crippen molar-refractivity contribution >= 4 is 5.69 Å². The van der Waals surface area contributed by atoms with Gasteiger partial charge in [0.25, 0.3) is 0 Å². The molecule has 1 aromatic rings. The van der Waals surface area contributed by atoms with Crippen LogP contribution in [-0.2, 0) is 0 Å². The fourth-order valence-corrected chi connectivity index (χ4v) is 1.80. The van der Waals surface area contributed by atoms with E-state index >= 15 is 0 Å². The third-order valence-electron chi connectivity index (χ3n) is 2.49. The van der Waals surface area contributed by atoms with Crippen LogP contribution in [0.1, 0.15) is 12.8 Å². The van der Waals surface area contributed by atoms with Crippen molar-refractivity contribution in [1.82, 2.24) is 0 Å². The van der Waals surface area contributed by atoms with Crippen LogP contribution in [-0.4, -0.2) is 19.3 Å². The Kier molecular flexibility index (Phi) is 2.48. The summed E-state index contributed by atoms with van der Waals surface area (Å²) < 4.78 is 13.1. The van der Waals surface area contributed by atoms with Crippen molar-refractivity contribution in [2.45, 2.75) is 19.0 Å². The molecule has 1 atom stereocenters. The van der Waals surface area contributed by atoms with Crippen LogP contribution in [0.4, 0.5) is 10.1 Å². The minimum absolute atomic E-state index is 0.560. The highest BCUT2D eigenvalue weighted by Gasteiger charge is 2.18. The van der Waals surface area contributed by atoms with Crippen LogP contribution in [0, 0.1) is 0 Å². The number of hydrogen-bond acceptors (Lipinski definition) is 1. The Bertz CT molecular complexity index is 260. The van der Waals surface area contributed by atoms with Crippen molar-refractivity contribution < 1.29 is 4.39 Å². The lowest BCUT2D eigenvalue weighted by Crippen LogP contribution is -2.36. The first-order chi connectivity index (χ1) is 6.36. The zero-order valence-electron chi connectivity index (χ0n) is 7.62. The Labute approximate surface area is 78.2 Å². The highest BCUT2D eigenvalue weighted by atomic mass is 19.1. The van der Waals surface area contributed by atoms with Gasteiger partial charge in [-0.15, -0.1) is 0 Å². The zero-order chi connectivity index (χ0) is 9.10. The number of anilines is 1. The average Bonchev–Trinajstić information content (AvgIpc) is 2.19. The number of nitrogens with zero attached hydrogens (tertiary/aromatic N) is 1. The van der Waals surface area contributed by atoms with Crippen molar-refractivity contribution in [3.05, 3.63) is 30.3 Å². The van der Waals surface area contributed by atoms with E-state index in [9.17, 15) is 4.39 Å². The minimum Gasteiger partial charge on any atom is -0.369 e. The molecule has 0 radical (unpaired) electrons. The van der Waals surface area contributed by atoms with Crippen LogP contribution in [0.3, 0.4) is 0 Å². The third-order valence-corrected chi connectivity index (χ3v) is 2.49. The third kappa shape index (κ3) is 2.00. The lowest BCUT2D eigenvalue weighted by Gasteiger charge is -2.30. The molecule has 0 aliphatic carbocycles. The molecule has 1 aromatic carbocycles. The molecule has 13 heavy (non-hydrogen) atoms. The van der Waals surface area contributed by atoms with E-state index < -0.39 is 6.17 Å². The Morgan fingerprint density at radius 2 is 2.00 bits per heavy atom. The molecule has 1 saturated heterocycles. The van der Waals surface area contributed by atoms with E-state index in [2.05, 4.69) is 4.90 Å². The number of halogens is 1. The van der Waals surface area contributed by atoms with Gasteiger partial charge in [-0.2, -0.15) is 0 Å². The zero-order valence-corrected chi connectivity index (χ0v) is 7.62. The Morgan fingerprint density at radius 1 is 1.23 bits per heavy atom. The Morgan fingerprint density at radius 3 is 2.69 bits per heavy atom. The molecule has 1 fully saturated rings. The molecule has 1 nitrogen and oxygen atoms in total. The van der Waals surface area contributed by atoms with E-state index in [1.54, 1.807) is 0 Å². The number of rotatable bonds is 1. The monoisotopic (exact) mass is 179 g/mol. The quantitative estimate of drug-likeness (QED) is 0.640. The van der Waals surface area contributed by atoms with Gasteiger partial charge in [0, 0.05) is 18.8 Å². The Hall–Kier alpha value is -1.05. The van der Waals surface area contributed by atoms with Gasteiger partial charge in [-0.3, -0.25) is 0 Å². The number of benzene rings is 1. The molecule has 1 heterocycles. The lowest BCUT2D eigenvalue weighted by molar-refractivity contribution is 0.287. The van der Waals surface area contributed by atoms with Gasteiger partial charge in [0.2, 0.25) is 0 Å². The van der Waals surface area contributed by atoms with Crippen LogP contribution in [0.2, 0.25) is 0 Å². The second kappa shape index (κ2) is 3.77. The molecular formula is C11H14FN. The van der Waals surface area contributed by atoms with Gasteiger partial charge in [-0.1, -0.05) is 18.2 Å². The predicted octanol–water partition coefficient (Wildman–Crippen LogP) is 2.62. The van der Waals surface area contributed by atoms with Gasteiger partial charge >= 0.3 is 0 Å². The molecule has 2 heteroatoms. The summed E-state index contributed by atoms with van der Waals surface area (Å²) >= 11 is 0. The van der Waals surface area contributed by atoms with E-state index in [0.29, 0.717) is 6.54 Å². The first-order valence-electron chi connectivity index (χ1n) is 4.80. The molecule has 0 amide bonds. The van der Waals surface area contributed by atoms with E-state index in [0.717, 1.165) is 25.1 Å². The highest BCUT2D eigenvalue weighted by molar-refractivity contribution is 5.46. The number of para-hydroxylation sites is 1. The largest absolute Gasteiger partial charge is 0.369 e. The van der Waals surface area contributed by atoms with E-state index in [-0.39, 0.29) is 0 Å². The van der Waals surface area contributed by atoms with Crippen LogP contribution >= 0.6 is 0 Å². The molecule has 0 bridgehead atoms. The van der Waals surface area contributed by atoms with Crippen molar-refractivity contribution in [3.8, 4) is 0 Å². The van der Waals surface area contributed by atoms with Crippen LogP contribution in [0.25, 0.3) is 0 Å². The standard InChI is InChI=1S/C11H14FN/c12-10-5-4-8-13(9-10)11-6-2-1-3-7-11/h1-3,6-7,10H,4-5,8-9H2. The summed E-state index contributed by atoms with van der Waals surface area (Å²) in [5.41, 5.74) is 1.14. The maximum atomic E-state index is 13.1. The van der Waals surface area contributed by atoms with Crippen molar-refractivity contribution in [3.63, 3.8) is 0 Å². The number of piperidine rings is 1. The van der Waals surface area contributed by atoms with Gasteiger partial charge < -0.3 is 4.90 Å². The average molecular weight is 179 g/mol. The van der Waals surface area contributed by atoms with Gasteiger partial charge in [-0.25, -0.2) is 4.39 Å². The maximum Gasteiger partial charge on any atom is 0.118 e. The summed E-state index contributed by atoms with van der Waals surface area (Å²) in [6.07, 6.45) is 1.05. The summed E-state index contributed by atoms with van der Waals surface area (Å²) in [4.78, 5) is 2.12. The first-order valence-corrected chi connectivity index (χ1v) is 4.80. The SMILES string of the molecule is FC1CCCN(c2ccccc2)C1. The molecule has 70 valence electrons. The number of alkyl halides is 1. The molecule has 0 aromatic heterocycles. The fourth-order valence-electron chi connectivity index (χ4n) is 1.80. The predicted molar refractivity (Wildman–Crippen MR) is 52.8 cm³/mol. The fraction of sp³-hybridized carbons (Fsp3) is 0.455. The van der Waals surface area contributed by atoms with Crippen LogP contribution in [0.15, 0.2) is 30.3 Å². The highest BCUT2D eigenvalue weighted by Crippen LogP contribution is 2.20. The van der Waals surface area contributed by atoms with Crippen LogP contribution in [0.5, 0.6) is 0 Å². The summed E-state index contributed by atoms with van der Waals surface area (Å²) in [6, 6.07) is 10.1. The minimum atomic E-state index is -0.644. The molecular weight excluding hydrogens is 165 g/mol. The van der Waals surface area contributed by atoms with Crippen LogP contribution < -0.4 is 4.90 Å². The molecule has 1 aliphatic rings. The molecule has 0 spiro atoms. The lowest BCUT2D eigenvalue weighted by atomic mass is 10.1. The second-order valence-corrected chi connectivity index (χ2v) is 3.52. The van der Waals surface area contributed by atoms with Crippen molar-refractivity contribution in [2.24, 2.45) is 0 Å². The van der Waals surface area contributed by atoms with Gasteiger partial charge in [0.05, 0.1) is 0 Å². The summed E-state index contributed by atoms with van der Waals surface area (Å²) in [5.74, 6) is 0. The molecule has 1 aliphatic heterocycles. The second-order valence-electron chi connectivity index (χ2n) is 3.52. The molecule has 0 N–H and O–H groups in total. The molecule has 1 unspecified atom stereocenters.